The predicted molar refractivity (Wildman–Crippen MR) is 99.6 cm³/mol. The molecule has 2 aromatic rings. The Balaban J connectivity index is 2.28. The average molecular weight is 462 g/mol. The van der Waals surface area contributed by atoms with E-state index in [0.717, 1.165) is 19.4 Å². The van der Waals surface area contributed by atoms with Gasteiger partial charge in [0.25, 0.3) is 0 Å². The Labute approximate surface area is 156 Å². The van der Waals surface area contributed by atoms with Crippen LogP contribution < -0.4 is 4.90 Å². The van der Waals surface area contributed by atoms with E-state index in [2.05, 4.69) is 36.8 Å². The first kappa shape index (κ1) is 17.6. The first-order valence-corrected chi connectivity index (χ1v) is 9.37. The van der Waals surface area contributed by atoms with Crippen molar-refractivity contribution in [3.05, 3.63) is 25.1 Å². The summed E-state index contributed by atoms with van der Waals surface area (Å²) in [6, 6.07) is 1.93. The van der Waals surface area contributed by atoms with Gasteiger partial charge in [-0.1, -0.05) is 0 Å². The molecule has 0 unspecified atom stereocenters. The normalized spacial score (nSPS) is 18.6. The largest absolute Gasteiger partial charge is 0.391 e. The lowest BCUT2D eigenvalue weighted by atomic mass is 10.1. The van der Waals surface area contributed by atoms with Crippen LogP contribution >= 0.6 is 31.9 Å². The van der Waals surface area contributed by atoms with Crippen LogP contribution in [0.15, 0.2) is 15.0 Å². The summed E-state index contributed by atoms with van der Waals surface area (Å²) in [5.41, 5.74) is 1.03. The second-order valence-electron chi connectivity index (χ2n) is 6.26. The van der Waals surface area contributed by atoms with Gasteiger partial charge in [-0.2, -0.15) is 0 Å². The number of piperidine rings is 1. The van der Waals surface area contributed by atoms with E-state index in [1.165, 1.54) is 0 Å². The zero-order chi connectivity index (χ0) is 17.6. The minimum Gasteiger partial charge on any atom is -0.391 e. The van der Waals surface area contributed by atoms with Crippen molar-refractivity contribution in [3.8, 4) is 0 Å². The molecule has 1 fully saturated rings. The molecule has 7 nitrogen and oxygen atoms in total. The lowest BCUT2D eigenvalue weighted by molar-refractivity contribution is -0.384. The number of aliphatic hydroxyl groups is 1. The smallest absolute Gasteiger partial charge is 0.312 e. The number of hydrogen-bond donors (Lipinski definition) is 1. The predicted octanol–water partition coefficient (Wildman–Crippen LogP) is 4.01. The highest BCUT2D eigenvalue weighted by Gasteiger charge is 2.29. The Morgan fingerprint density at radius 3 is 2.75 bits per heavy atom. The van der Waals surface area contributed by atoms with Gasteiger partial charge >= 0.3 is 5.69 Å². The number of anilines is 1. The first-order chi connectivity index (χ1) is 11.3. The number of nitro benzene ring substituents is 1. The molecule has 1 aromatic carbocycles. The number of β-amino-alcohol motifs (C(OH)–C–C–N with tert-alkyl or cyclic N) is 1. The number of halogens is 2. The number of aromatic nitrogens is 2. The van der Waals surface area contributed by atoms with E-state index in [4.69, 9.17) is 0 Å². The van der Waals surface area contributed by atoms with Crippen LogP contribution in [0.25, 0.3) is 11.0 Å². The molecule has 24 heavy (non-hydrogen) atoms. The van der Waals surface area contributed by atoms with Crippen LogP contribution in [-0.4, -0.2) is 38.8 Å². The van der Waals surface area contributed by atoms with Crippen molar-refractivity contribution in [2.75, 3.05) is 18.0 Å². The van der Waals surface area contributed by atoms with Crippen LogP contribution in [0.4, 0.5) is 11.6 Å². The van der Waals surface area contributed by atoms with Crippen molar-refractivity contribution in [2.24, 2.45) is 0 Å². The monoisotopic (exact) mass is 460 g/mol. The number of hydrogen-bond acceptors (Lipinski definition) is 5. The van der Waals surface area contributed by atoms with Crippen molar-refractivity contribution in [3.63, 3.8) is 0 Å². The van der Waals surface area contributed by atoms with Crippen molar-refractivity contribution >= 4 is 54.5 Å². The summed E-state index contributed by atoms with van der Waals surface area (Å²) >= 11 is 6.67. The fraction of sp³-hybridized carbons (Fsp3) is 0.533. The molecular weight excluding hydrogens is 444 g/mol. The van der Waals surface area contributed by atoms with Gasteiger partial charge in [-0.15, -0.1) is 0 Å². The molecule has 0 amide bonds. The number of fused-ring (bicyclic) bond motifs is 1. The molecule has 1 atom stereocenters. The average Bonchev–Trinajstić information content (AvgIpc) is 2.86. The highest BCUT2D eigenvalue weighted by molar-refractivity contribution is 9.13. The molecule has 1 N–H and O–H groups in total. The molecule has 1 aliphatic heterocycles. The summed E-state index contributed by atoms with van der Waals surface area (Å²) in [7, 11) is 0. The summed E-state index contributed by atoms with van der Waals surface area (Å²) in [5, 5.41) is 21.5. The maximum atomic E-state index is 11.6. The Morgan fingerprint density at radius 2 is 2.17 bits per heavy atom. The third kappa shape index (κ3) is 2.93. The Kier molecular flexibility index (Phi) is 4.85. The van der Waals surface area contributed by atoms with E-state index in [1.54, 1.807) is 0 Å². The molecule has 9 heteroatoms. The Hall–Kier alpha value is -1.19. The number of rotatable bonds is 3. The fourth-order valence-corrected chi connectivity index (χ4v) is 4.03. The molecule has 0 spiro atoms. The van der Waals surface area contributed by atoms with Crippen LogP contribution in [0, 0.1) is 10.1 Å². The third-order valence-electron chi connectivity index (χ3n) is 4.21. The zero-order valence-corrected chi connectivity index (χ0v) is 16.5. The number of benzene rings is 1. The number of aliphatic hydroxyl groups excluding tert-OH is 1. The Morgan fingerprint density at radius 1 is 1.46 bits per heavy atom. The van der Waals surface area contributed by atoms with Crippen molar-refractivity contribution in [2.45, 2.75) is 38.8 Å². The van der Waals surface area contributed by atoms with E-state index in [9.17, 15) is 15.2 Å². The van der Waals surface area contributed by atoms with Crippen LogP contribution in [0.5, 0.6) is 0 Å². The quantitative estimate of drug-likeness (QED) is 0.551. The van der Waals surface area contributed by atoms with Gasteiger partial charge in [0.05, 0.1) is 16.5 Å². The number of nitro groups is 1. The second-order valence-corrected chi connectivity index (χ2v) is 7.91. The maximum absolute atomic E-state index is 11.6. The summed E-state index contributed by atoms with van der Waals surface area (Å²) in [4.78, 5) is 17.8. The SMILES string of the molecule is CC(C)n1c(N2CCC[C@H](O)C2)nc2c([N+](=O)[O-])c(Br)c(Br)cc21. The van der Waals surface area contributed by atoms with Crippen LogP contribution in [-0.2, 0) is 0 Å². The zero-order valence-electron chi connectivity index (χ0n) is 13.4. The molecule has 0 bridgehead atoms. The van der Waals surface area contributed by atoms with Crippen molar-refractivity contribution < 1.29 is 10.0 Å². The number of imidazole rings is 1. The van der Waals surface area contributed by atoms with E-state index >= 15 is 0 Å². The van der Waals surface area contributed by atoms with Gasteiger partial charge in [-0.05, 0) is 64.6 Å². The molecule has 0 aliphatic carbocycles. The lowest BCUT2D eigenvalue weighted by Gasteiger charge is -2.32. The van der Waals surface area contributed by atoms with Gasteiger partial charge in [0, 0.05) is 23.6 Å². The highest BCUT2D eigenvalue weighted by Crippen LogP contribution is 2.41. The molecule has 2 heterocycles. The van der Waals surface area contributed by atoms with Gasteiger partial charge in [0.1, 0.15) is 4.47 Å². The topological polar surface area (TPSA) is 84.4 Å². The van der Waals surface area contributed by atoms with Gasteiger partial charge < -0.3 is 14.6 Å². The molecule has 0 radical (unpaired) electrons. The van der Waals surface area contributed by atoms with Gasteiger partial charge in [-0.3, -0.25) is 10.1 Å². The summed E-state index contributed by atoms with van der Waals surface area (Å²) in [6.07, 6.45) is 1.25. The van der Waals surface area contributed by atoms with E-state index < -0.39 is 11.0 Å². The molecule has 1 saturated heterocycles. The summed E-state index contributed by atoms with van der Waals surface area (Å²) in [6.45, 7) is 5.31. The third-order valence-corrected chi connectivity index (χ3v) is 6.17. The number of nitrogens with zero attached hydrogens (tertiary/aromatic N) is 4. The van der Waals surface area contributed by atoms with Crippen LogP contribution in [0.3, 0.4) is 0 Å². The molecule has 3 rings (SSSR count). The minimum absolute atomic E-state index is 0.0439. The molecule has 0 saturated carbocycles. The van der Waals surface area contributed by atoms with Gasteiger partial charge in [0.2, 0.25) is 5.95 Å². The minimum atomic E-state index is -0.413. The standard InChI is InChI=1S/C15H18Br2N4O3/c1-8(2)20-11-6-10(16)12(17)14(21(23)24)13(11)18-15(20)19-5-3-4-9(22)7-19/h6,8-9,22H,3-5,7H2,1-2H3/t9-/m0/s1. The lowest BCUT2D eigenvalue weighted by Crippen LogP contribution is -2.39. The second kappa shape index (κ2) is 6.61. The molecule has 130 valence electrons. The first-order valence-electron chi connectivity index (χ1n) is 7.78. The fourth-order valence-electron chi connectivity index (χ4n) is 3.18. The highest BCUT2D eigenvalue weighted by atomic mass is 79.9. The van der Waals surface area contributed by atoms with Gasteiger partial charge in [-0.25, -0.2) is 4.98 Å². The molecule has 1 aliphatic rings. The Bertz CT molecular complexity index is 806. The van der Waals surface area contributed by atoms with E-state index in [0.29, 0.717) is 32.5 Å². The van der Waals surface area contributed by atoms with Gasteiger partial charge in [0.15, 0.2) is 5.52 Å². The van der Waals surface area contributed by atoms with Crippen LogP contribution in [0.2, 0.25) is 0 Å². The molecular formula is C15H18Br2N4O3. The van der Waals surface area contributed by atoms with E-state index in [1.807, 2.05) is 29.4 Å². The van der Waals surface area contributed by atoms with E-state index in [-0.39, 0.29) is 11.7 Å². The van der Waals surface area contributed by atoms with Crippen molar-refractivity contribution in [1.82, 2.24) is 9.55 Å². The van der Waals surface area contributed by atoms with Crippen LogP contribution in [0.1, 0.15) is 32.7 Å². The maximum Gasteiger partial charge on any atom is 0.312 e. The summed E-state index contributed by atoms with van der Waals surface area (Å²) in [5.74, 6) is 0.673. The summed E-state index contributed by atoms with van der Waals surface area (Å²) < 4.78 is 3.00. The molecule has 1 aromatic heterocycles. The van der Waals surface area contributed by atoms with Crippen molar-refractivity contribution in [1.29, 1.82) is 0 Å².